The molecule has 0 unspecified atom stereocenters. The van der Waals surface area contributed by atoms with Crippen molar-refractivity contribution in [2.45, 2.75) is 0 Å². The number of carbonyl (C=O) groups excluding carboxylic acids is 3. The Kier molecular flexibility index (Phi) is 4.12. The summed E-state index contributed by atoms with van der Waals surface area (Å²) in [6.07, 6.45) is 0. The van der Waals surface area contributed by atoms with Gasteiger partial charge in [0.1, 0.15) is 0 Å². The van der Waals surface area contributed by atoms with Crippen molar-refractivity contribution in [2.24, 2.45) is 0 Å². The second-order valence-electron chi connectivity index (χ2n) is 5.07. The van der Waals surface area contributed by atoms with E-state index in [9.17, 15) is 14.4 Å². The molecule has 0 saturated heterocycles. The summed E-state index contributed by atoms with van der Waals surface area (Å²) in [6, 6.07) is 13.3. The molecule has 0 bridgehead atoms. The van der Waals surface area contributed by atoms with Crippen molar-refractivity contribution in [3.8, 4) is 0 Å². The van der Waals surface area contributed by atoms with Crippen LogP contribution in [-0.2, 0) is 0 Å². The second-order valence-corrected chi connectivity index (χ2v) is 5.51. The highest BCUT2D eigenvalue weighted by Crippen LogP contribution is 2.25. The number of nitrogens with one attached hydrogen (secondary N) is 1. The van der Waals surface area contributed by atoms with Gasteiger partial charge in [0.05, 0.1) is 11.1 Å². The highest BCUT2D eigenvalue weighted by molar-refractivity contribution is 6.32. The molecule has 0 fully saturated rings. The smallest absolute Gasteiger partial charge is 0.261 e. The molecule has 6 heteroatoms. The molecule has 116 valence electrons. The lowest BCUT2D eigenvalue weighted by molar-refractivity contribution is 0.0650. The molecule has 1 aliphatic heterocycles. The molecule has 0 radical (unpaired) electrons. The summed E-state index contributed by atoms with van der Waals surface area (Å²) < 4.78 is 0. The van der Waals surface area contributed by atoms with Gasteiger partial charge in [0.2, 0.25) is 0 Å². The number of halogens is 1. The lowest BCUT2D eigenvalue weighted by atomic mass is 10.1. The Morgan fingerprint density at radius 2 is 1.70 bits per heavy atom. The lowest BCUT2D eigenvalue weighted by Crippen LogP contribution is -2.38. The lowest BCUT2D eigenvalue weighted by Gasteiger charge is -2.14. The van der Waals surface area contributed by atoms with E-state index in [-0.39, 0.29) is 30.8 Å². The van der Waals surface area contributed by atoms with Crippen LogP contribution in [0, 0.1) is 0 Å². The predicted octanol–water partition coefficient (Wildman–Crippen LogP) is 2.37. The number of hydrogen-bond donors (Lipinski definition) is 1. The molecule has 0 atom stereocenters. The van der Waals surface area contributed by atoms with Crippen molar-refractivity contribution in [3.63, 3.8) is 0 Å². The molecule has 2 aromatic carbocycles. The Bertz CT molecular complexity index is 790. The van der Waals surface area contributed by atoms with Gasteiger partial charge in [-0.2, -0.15) is 0 Å². The molecule has 1 N–H and O–H groups in total. The Morgan fingerprint density at radius 1 is 1.00 bits per heavy atom. The van der Waals surface area contributed by atoms with Crippen LogP contribution in [0.15, 0.2) is 48.5 Å². The molecule has 1 heterocycles. The van der Waals surface area contributed by atoms with Gasteiger partial charge in [-0.05, 0) is 30.3 Å². The third kappa shape index (κ3) is 2.96. The summed E-state index contributed by atoms with van der Waals surface area (Å²) in [5.41, 5.74) is 1.17. The van der Waals surface area contributed by atoms with Gasteiger partial charge in [0, 0.05) is 23.7 Å². The number of fused-ring (bicyclic) bond motifs is 1. The van der Waals surface area contributed by atoms with Crippen LogP contribution < -0.4 is 5.32 Å². The van der Waals surface area contributed by atoms with Gasteiger partial charge < -0.3 is 5.32 Å². The molecule has 0 aromatic heterocycles. The average molecular weight is 329 g/mol. The van der Waals surface area contributed by atoms with Crippen LogP contribution in [0.25, 0.3) is 0 Å². The minimum Gasteiger partial charge on any atom is -0.350 e. The van der Waals surface area contributed by atoms with Crippen molar-refractivity contribution >= 4 is 29.3 Å². The Balaban J connectivity index is 1.63. The van der Waals surface area contributed by atoms with E-state index in [0.717, 1.165) is 4.90 Å². The van der Waals surface area contributed by atoms with Crippen molar-refractivity contribution in [1.29, 1.82) is 0 Å². The van der Waals surface area contributed by atoms with Crippen LogP contribution in [0.1, 0.15) is 31.1 Å². The van der Waals surface area contributed by atoms with E-state index in [2.05, 4.69) is 5.32 Å². The van der Waals surface area contributed by atoms with Gasteiger partial charge in [-0.1, -0.05) is 29.8 Å². The number of imide groups is 1. The van der Waals surface area contributed by atoms with E-state index < -0.39 is 0 Å². The fraction of sp³-hybridized carbons (Fsp3) is 0.118. The topological polar surface area (TPSA) is 66.5 Å². The average Bonchev–Trinajstić information content (AvgIpc) is 2.80. The Morgan fingerprint density at radius 3 is 2.43 bits per heavy atom. The first kappa shape index (κ1) is 15.2. The first-order valence-electron chi connectivity index (χ1n) is 7.07. The number of benzene rings is 2. The maximum absolute atomic E-state index is 12.2. The van der Waals surface area contributed by atoms with E-state index in [1.54, 1.807) is 36.4 Å². The van der Waals surface area contributed by atoms with Crippen molar-refractivity contribution < 1.29 is 14.4 Å². The van der Waals surface area contributed by atoms with Gasteiger partial charge in [-0.15, -0.1) is 0 Å². The molecule has 0 aliphatic carbocycles. The number of carbonyl (C=O) groups is 3. The highest BCUT2D eigenvalue weighted by Gasteiger charge is 2.35. The molecule has 3 amide bonds. The molecular formula is C17H13ClN2O3. The van der Waals surface area contributed by atoms with Gasteiger partial charge in [0.15, 0.2) is 0 Å². The fourth-order valence-corrected chi connectivity index (χ4v) is 2.61. The third-order valence-electron chi connectivity index (χ3n) is 3.59. The van der Waals surface area contributed by atoms with E-state index in [1.165, 1.54) is 6.07 Å². The normalized spacial score (nSPS) is 13.2. The molecule has 1 aliphatic rings. The molecule has 0 saturated carbocycles. The highest BCUT2D eigenvalue weighted by atomic mass is 35.5. The van der Waals surface area contributed by atoms with Crippen LogP contribution in [0.3, 0.4) is 0 Å². The summed E-state index contributed by atoms with van der Waals surface area (Å²) in [5, 5.41) is 3.10. The predicted molar refractivity (Wildman–Crippen MR) is 85.6 cm³/mol. The first-order chi connectivity index (χ1) is 11.1. The molecule has 0 spiro atoms. The standard InChI is InChI=1S/C17H13ClN2O3/c18-12-6-7-13-14(10-12)17(23)20(16(13)22)9-8-19-15(21)11-4-2-1-3-5-11/h1-7,10H,8-9H2,(H,19,21). The molecule has 23 heavy (non-hydrogen) atoms. The maximum atomic E-state index is 12.2. The summed E-state index contributed by atoms with van der Waals surface area (Å²) in [5.74, 6) is -0.998. The summed E-state index contributed by atoms with van der Waals surface area (Å²) in [4.78, 5) is 37.5. The largest absolute Gasteiger partial charge is 0.350 e. The summed E-state index contributed by atoms with van der Waals surface area (Å²) >= 11 is 5.86. The molecular weight excluding hydrogens is 316 g/mol. The zero-order valence-electron chi connectivity index (χ0n) is 12.1. The van der Waals surface area contributed by atoms with Crippen molar-refractivity contribution in [3.05, 3.63) is 70.2 Å². The third-order valence-corrected chi connectivity index (χ3v) is 3.82. The number of hydrogen-bond acceptors (Lipinski definition) is 3. The quantitative estimate of drug-likeness (QED) is 0.876. The van der Waals surface area contributed by atoms with E-state index in [4.69, 9.17) is 11.6 Å². The number of amides is 3. The second kappa shape index (κ2) is 6.22. The number of rotatable bonds is 4. The van der Waals surface area contributed by atoms with Gasteiger partial charge in [0.25, 0.3) is 17.7 Å². The minimum absolute atomic E-state index is 0.114. The van der Waals surface area contributed by atoms with Crippen LogP contribution >= 0.6 is 11.6 Å². The minimum atomic E-state index is -0.388. The Hall–Kier alpha value is -2.66. The molecule has 2 aromatic rings. The van der Waals surface area contributed by atoms with Gasteiger partial charge in [-0.3, -0.25) is 19.3 Å². The zero-order chi connectivity index (χ0) is 16.4. The molecule has 3 rings (SSSR count). The summed E-state index contributed by atoms with van der Waals surface area (Å²) in [6.45, 7) is 0.301. The summed E-state index contributed by atoms with van der Waals surface area (Å²) in [7, 11) is 0. The van der Waals surface area contributed by atoms with E-state index >= 15 is 0 Å². The van der Waals surface area contributed by atoms with Crippen LogP contribution in [0.2, 0.25) is 5.02 Å². The van der Waals surface area contributed by atoms with Gasteiger partial charge >= 0.3 is 0 Å². The van der Waals surface area contributed by atoms with Gasteiger partial charge in [-0.25, -0.2) is 0 Å². The Labute approximate surface area is 137 Å². The number of nitrogens with zero attached hydrogens (tertiary/aromatic N) is 1. The van der Waals surface area contributed by atoms with Crippen molar-refractivity contribution in [2.75, 3.05) is 13.1 Å². The van der Waals surface area contributed by atoms with Crippen LogP contribution in [-0.4, -0.2) is 35.7 Å². The SMILES string of the molecule is O=C(NCCN1C(=O)c2ccc(Cl)cc2C1=O)c1ccccc1. The first-order valence-corrected chi connectivity index (χ1v) is 7.45. The van der Waals surface area contributed by atoms with E-state index in [1.807, 2.05) is 6.07 Å². The molecule has 5 nitrogen and oxygen atoms in total. The van der Waals surface area contributed by atoms with Crippen LogP contribution in [0.5, 0.6) is 0 Å². The van der Waals surface area contributed by atoms with Crippen molar-refractivity contribution in [1.82, 2.24) is 10.2 Å². The zero-order valence-corrected chi connectivity index (χ0v) is 12.8. The van der Waals surface area contributed by atoms with Crippen LogP contribution in [0.4, 0.5) is 0 Å². The monoisotopic (exact) mass is 328 g/mol. The van der Waals surface area contributed by atoms with E-state index in [0.29, 0.717) is 21.7 Å². The maximum Gasteiger partial charge on any atom is 0.261 e. The fourth-order valence-electron chi connectivity index (χ4n) is 2.44.